The zero-order valence-electron chi connectivity index (χ0n) is 16.4. The molecule has 1 heterocycles. The highest BCUT2D eigenvalue weighted by Gasteiger charge is 2.52. The molecule has 0 spiro atoms. The molecule has 2 unspecified atom stereocenters. The van der Waals surface area contributed by atoms with Crippen LogP contribution in [0.15, 0.2) is 12.2 Å². The third-order valence-corrected chi connectivity index (χ3v) is 5.11. The molecule has 1 aliphatic rings. The van der Waals surface area contributed by atoms with Crippen LogP contribution < -0.4 is 0 Å². The van der Waals surface area contributed by atoms with E-state index in [9.17, 15) is 23.5 Å². The van der Waals surface area contributed by atoms with Crippen molar-refractivity contribution in [1.29, 1.82) is 0 Å². The van der Waals surface area contributed by atoms with Gasteiger partial charge in [0.05, 0.1) is 12.1 Å². The molecule has 2 N–H and O–H groups in total. The summed E-state index contributed by atoms with van der Waals surface area (Å²) in [4.78, 5) is 23.6. The Morgan fingerprint density at radius 2 is 1.96 bits per heavy atom. The van der Waals surface area contributed by atoms with Crippen LogP contribution in [0.4, 0.5) is 8.78 Å². The second kappa shape index (κ2) is 11.4. The summed E-state index contributed by atoms with van der Waals surface area (Å²) in [6, 6.07) is -0.709. The molecule has 0 radical (unpaired) electrons. The number of carbonyl (C=O) groups excluding carboxylic acids is 1. The third-order valence-electron chi connectivity index (χ3n) is 5.11. The summed E-state index contributed by atoms with van der Waals surface area (Å²) in [6.07, 6.45) is 7.29. The Morgan fingerprint density at radius 3 is 2.59 bits per heavy atom. The highest BCUT2D eigenvalue weighted by atomic mass is 19.3. The van der Waals surface area contributed by atoms with Gasteiger partial charge in [0.2, 0.25) is 0 Å². The van der Waals surface area contributed by atoms with Gasteiger partial charge in [-0.2, -0.15) is 8.78 Å². The summed E-state index contributed by atoms with van der Waals surface area (Å²) >= 11 is 0. The van der Waals surface area contributed by atoms with Gasteiger partial charge in [-0.05, 0) is 25.2 Å². The number of rotatable bonds is 13. The van der Waals surface area contributed by atoms with Gasteiger partial charge in [-0.3, -0.25) is 9.59 Å². The van der Waals surface area contributed by atoms with Crippen molar-refractivity contribution < 1.29 is 28.6 Å². The summed E-state index contributed by atoms with van der Waals surface area (Å²) in [5, 5.41) is 18.8. The second-order valence-electron chi connectivity index (χ2n) is 7.53. The van der Waals surface area contributed by atoms with Gasteiger partial charge >= 0.3 is 11.9 Å². The fourth-order valence-corrected chi connectivity index (χ4v) is 3.30. The SMILES string of the molecule is CCCCC(C)C(O)/C=C/[C@H]1CC(F)(F)C(=O)N1CCCCCCC(=O)O. The van der Waals surface area contributed by atoms with E-state index in [1.807, 2.05) is 6.92 Å². The lowest BCUT2D eigenvalue weighted by atomic mass is 9.97. The topological polar surface area (TPSA) is 77.8 Å². The van der Waals surface area contributed by atoms with Gasteiger partial charge < -0.3 is 15.1 Å². The van der Waals surface area contributed by atoms with E-state index >= 15 is 0 Å². The number of carbonyl (C=O) groups is 2. The lowest BCUT2D eigenvalue weighted by Gasteiger charge is -2.22. The fourth-order valence-electron chi connectivity index (χ4n) is 3.30. The number of aliphatic hydroxyl groups excluding tert-OH is 1. The molecule has 1 fully saturated rings. The van der Waals surface area contributed by atoms with Crippen molar-refractivity contribution >= 4 is 11.9 Å². The summed E-state index contributed by atoms with van der Waals surface area (Å²) in [5.74, 6) is -5.32. The Hall–Kier alpha value is -1.50. The van der Waals surface area contributed by atoms with E-state index in [4.69, 9.17) is 5.11 Å². The summed E-state index contributed by atoms with van der Waals surface area (Å²) in [6.45, 7) is 4.21. The summed E-state index contributed by atoms with van der Waals surface area (Å²) in [5.41, 5.74) is 0. The zero-order valence-corrected chi connectivity index (χ0v) is 16.4. The van der Waals surface area contributed by atoms with Crippen molar-refractivity contribution in [1.82, 2.24) is 4.90 Å². The van der Waals surface area contributed by atoms with E-state index in [-0.39, 0.29) is 18.9 Å². The molecule has 3 atom stereocenters. The van der Waals surface area contributed by atoms with Gasteiger partial charge in [-0.25, -0.2) is 0 Å². The number of carboxylic acid groups (broad SMARTS) is 1. The highest BCUT2D eigenvalue weighted by Crippen LogP contribution is 2.34. The lowest BCUT2D eigenvalue weighted by Crippen LogP contribution is -2.36. The molecule has 1 rings (SSSR count). The van der Waals surface area contributed by atoms with E-state index in [0.717, 1.165) is 19.3 Å². The Bertz CT molecular complexity index is 510. The first-order valence-electron chi connectivity index (χ1n) is 9.96. The summed E-state index contributed by atoms with van der Waals surface area (Å²) < 4.78 is 27.7. The minimum atomic E-state index is -3.36. The molecular weight excluding hydrogens is 356 g/mol. The molecule has 1 amide bonds. The quantitative estimate of drug-likeness (QED) is 0.369. The number of likely N-dealkylation sites (tertiary alicyclic amines) is 1. The third kappa shape index (κ3) is 7.95. The molecule has 0 aromatic heterocycles. The number of hydrogen-bond acceptors (Lipinski definition) is 3. The first-order valence-corrected chi connectivity index (χ1v) is 9.96. The monoisotopic (exact) mass is 389 g/mol. The molecule has 0 bridgehead atoms. The Kier molecular flexibility index (Phi) is 9.91. The van der Waals surface area contributed by atoms with E-state index < -0.39 is 36.4 Å². The molecule has 156 valence electrons. The summed E-state index contributed by atoms with van der Waals surface area (Å²) in [7, 11) is 0. The van der Waals surface area contributed by atoms with Crippen LogP contribution in [0.5, 0.6) is 0 Å². The number of hydrogen-bond donors (Lipinski definition) is 2. The average molecular weight is 389 g/mol. The van der Waals surface area contributed by atoms with Crippen LogP contribution >= 0.6 is 0 Å². The minimum Gasteiger partial charge on any atom is -0.481 e. The molecule has 7 heteroatoms. The van der Waals surface area contributed by atoms with Gasteiger partial charge in [0.1, 0.15) is 0 Å². The van der Waals surface area contributed by atoms with Crippen LogP contribution in [0.3, 0.4) is 0 Å². The molecule has 0 aromatic rings. The number of carboxylic acids is 1. The largest absolute Gasteiger partial charge is 0.481 e. The Balaban J connectivity index is 2.55. The highest BCUT2D eigenvalue weighted by molar-refractivity contribution is 5.86. The van der Waals surface area contributed by atoms with Crippen LogP contribution in [0.25, 0.3) is 0 Å². The van der Waals surface area contributed by atoms with Crippen molar-refractivity contribution in [3.8, 4) is 0 Å². The maximum atomic E-state index is 13.9. The lowest BCUT2D eigenvalue weighted by molar-refractivity contribution is -0.148. The fraction of sp³-hybridized carbons (Fsp3) is 0.800. The van der Waals surface area contributed by atoms with Crippen LogP contribution in [0, 0.1) is 5.92 Å². The molecule has 1 saturated heterocycles. The van der Waals surface area contributed by atoms with E-state index in [0.29, 0.717) is 25.7 Å². The predicted octanol–water partition coefficient (Wildman–Crippen LogP) is 4.00. The van der Waals surface area contributed by atoms with Crippen LogP contribution in [0.1, 0.15) is 71.6 Å². The first-order chi connectivity index (χ1) is 12.7. The number of nitrogens with zero attached hydrogens (tertiary/aromatic N) is 1. The Labute approximate surface area is 160 Å². The predicted molar refractivity (Wildman–Crippen MR) is 99.6 cm³/mol. The number of aliphatic carboxylic acids is 1. The number of halogens is 2. The number of aliphatic hydroxyl groups is 1. The minimum absolute atomic E-state index is 0.0431. The smallest absolute Gasteiger partial charge is 0.327 e. The maximum Gasteiger partial charge on any atom is 0.327 e. The normalized spacial score (nSPS) is 21.7. The molecule has 5 nitrogen and oxygen atoms in total. The van der Waals surface area contributed by atoms with Crippen LogP contribution in [-0.2, 0) is 9.59 Å². The van der Waals surface area contributed by atoms with Gasteiger partial charge in [-0.15, -0.1) is 0 Å². The van der Waals surface area contributed by atoms with Gasteiger partial charge in [0, 0.05) is 19.4 Å². The molecular formula is C20H33F2NO4. The van der Waals surface area contributed by atoms with E-state index in [2.05, 4.69) is 6.92 Å². The molecule has 27 heavy (non-hydrogen) atoms. The number of amides is 1. The Morgan fingerprint density at radius 1 is 1.30 bits per heavy atom. The second-order valence-corrected chi connectivity index (χ2v) is 7.53. The standard InChI is InChI=1S/C20H33F2NO4/c1-3-4-9-15(2)17(24)12-11-16-14-20(21,22)19(27)23(16)13-8-6-5-7-10-18(25)26/h11-12,15-17,24H,3-10,13-14H2,1-2H3,(H,25,26)/b12-11+/t15?,16-,17?/m0/s1. The average Bonchev–Trinajstić information content (AvgIpc) is 2.82. The number of unbranched alkanes of at least 4 members (excludes halogenated alkanes) is 4. The zero-order chi connectivity index (χ0) is 20.4. The van der Waals surface area contributed by atoms with Crippen molar-refractivity contribution in [3.05, 3.63) is 12.2 Å². The number of alkyl halides is 2. The van der Waals surface area contributed by atoms with Gasteiger partial charge in [0.25, 0.3) is 5.91 Å². The first kappa shape index (κ1) is 23.5. The molecule has 1 aliphatic heterocycles. The molecule has 0 aromatic carbocycles. The van der Waals surface area contributed by atoms with Crippen LogP contribution in [0.2, 0.25) is 0 Å². The van der Waals surface area contributed by atoms with E-state index in [1.165, 1.54) is 11.0 Å². The van der Waals surface area contributed by atoms with Crippen molar-refractivity contribution in [3.63, 3.8) is 0 Å². The van der Waals surface area contributed by atoms with Crippen molar-refractivity contribution in [2.45, 2.75) is 89.7 Å². The van der Waals surface area contributed by atoms with Crippen molar-refractivity contribution in [2.24, 2.45) is 5.92 Å². The van der Waals surface area contributed by atoms with Gasteiger partial charge in [-0.1, -0.05) is 51.7 Å². The van der Waals surface area contributed by atoms with Gasteiger partial charge in [0.15, 0.2) is 0 Å². The van der Waals surface area contributed by atoms with Crippen LogP contribution in [-0.4, -0.2) is 51.6 Å². The maximum absolute atomic E-state index is 13.9. The molecule has 0 aliphatic carbocycles. The van der Waals surface area contributed by atoms with E-state index in [1.54, 1.807) is 6.08 Å². The molecule has 0 saturated carbocycles. The van der Waals surface area contributed by atoms with Crippen molar-refractivity contribution in [2.75, 3.05) is 6.54 Å².